The minimum Gasteiger partial charge on any atom is -0.356 e. The Hall–Kier alpha value is -0.410. The highest BCUT2D eigenvalue weighted by molar-refractivity contribution is 5.50. The Labute approximate surface area is 66.7 Å². The van der Waals surface area contributed by atoms with Gasteiger partial charge in [-0.25, -0.2) is 0 Å². The van der Waals surface area contributed by atoms with Gasteiger partial charge in [-0.15, -0.1) is 0 Å². The van der Waals surface area contributed by atoms with Crippen molar-refractivity contribution in [2.24, 2.45) is 0 Å². The monoisotopic (exact) mass is 158 g/mol. The van der Waals surface area contributed by atoms with Crippen LogP contribution in [0.25, 0.3) is 0 Å². The van der Waals surface area contributed by atoms with Gasteiger partial charge in [0.15, 0.2) is 6.29 Å². The molecule has 1 fully saturated rings. The van der Waals surface area contributed by atoms with E-state index in [1.807, 2.05) is 0 Å². The summed E-state index contributed by atoms with van der Waals surface area (Å²) in [5, 5.41) is 0. The molecule has 1 rings (SSSR count). The van der Waals surface area contributed by atoms with Gasteiger partial charge in [-0.1, -0.05) is 0 Å². The first-order valence-corrected chi connectivity index (χ1v) is 3.98. The van der Waals surface area contributed by atoms with E-state index in [0.717, 1.165) is 25.5 Å². The van der Waals surface area contributed by atoms with Crippen molar-refractivity contribution in [2.75, 3.05) is 7.11 Å². The number of aldehydes is 1. The quantitative estimate of drug-likeness (QED) is 0.577. The largest absolute Gasteiger partial charge is 0.356 e. The van der Waals surface area contributed by atoms with Crippen LogP contribution in [0, 0.1) is 0 Å². The average molecular weight is 158 g/mol. The third kappa shape index (κ3) is 2.60. The second-order valence-corrected chi connectivity index (χ2v) is 2.76. The zero-order chi connectivity index (χ0) is 8.10. The summed E-state index contributed by atoms with van der Waals surface area (Å²) < 4.78 is 10.5. The molecular formula is C8H14O3. The molecule has 0 unspecified atom stereocenters. The molecule has 0 aromatic rings. The molecule has 11 heavy (non-hydrogen) atoms. The van der Waals surface area contributed by atoms with E-state index < -0.39 is 0 Å². The zero-order valence-corrected chi connectivity index (χ0v) is 6.79. The van der Waals surface area contributed by atoms with Crippen molar-refractivity contribution in [2.45, 2.75) is 38.1 Å². The first kappa shape index (κ1) is 8.68. The molecule has 1 saturated heterocycles. The highest BCUT2D eigenvalue weighted by Gasteiger charge is 2.20. The summed E-state index contributed by atoms with van der Waals surface area (Å²) in [4.78, 5) is 10.1. The molecule has 3 heteroatoms. The molecule has 0 N–H and O–H groups in total. The van der Waals surface area contributed by atoms with Gasteiger partial charge in [0.25, 0.3) is 0 Å². The van der Waals surface area contributed by atoms with Crippen LogP contribution in [-0.4, -0.2) is 25.8 Å². The predicted molar refractivity (Wildman–Crippen MR) is 40.2 cm³/mol. The van der Waals surface area contributed by atoms with Gasteiger partial charge in [-0.2, -0.15) is 0 Å². The fourth-order valence-corrected chi connectivity index (χ4v) is 1.32. The third-order valence-corrected chi connectivity index (χ3v) is 1.93. The Morgan fingerprint density at radius 1 is 1.64 bits per heavy atom. The van der Waals surface area contributed by atoms with Crippen LogP contribution in [0.4, 0.5) is 0 Å². The maximum Gasteiger partial charge on any atom is 0.157 e. The van der Waals surface area contributed by atoms with E-state index in [0.29, 0.717) is 6.42 Å². The second kappa shape index (κ2) is 4.46. The number of rotatable bonds is 3. The molecular weight excluding hydrogens is 144 g/mol. The van der Waals surface area contributed by atoms with Gasteiger partial charge in [0.05, 0.1) is 6.10 Å². The molecule has 3 nitrogen and oxygen atoms in total. The SMILES string of the molecule is CO[C@@H]1CCC[C@@H](CC=O)O1. The number of hydrogen-bond acceptors (Lipinski definition) is 3. The molecule has 2 atom stereocenters. The molecule has 0 aromatic heterocycles. The molecule has 0 aromatic carbocycles. The van der Waals surface area contributed by atoms with E-state index in [4.69, 9.17) is 9.47 Å². The zero-order valence-electron chi connectivity index (χ0n) is 6.79. The van der Waals surface area contributed by atoms with Crippen molar-refractivity contribution in [3.8, 4) is 0 Å². The van der Waals surface area contributed by atoms with Crippen LogP contribution >= 0.6 is 0 Å². The van der Waals surface area contributed by atoms with Crippen LogP contribution in [0.1, 0.15) is 25.7 Å². The molecule has 0 bridgehead atoms. The number of ether oxygens (including phenoxy) is 2. The maximum atomic E-state index is 10.1. The lowest BCUT2D eigenvalue weighted by atomic mass is 10.1. The van der Waals surface area contributed by atoms with E-state index in [-0.39, 0.29) is 12.4 Å². The maximum absolute atomic E-state index is 10.1. The fraction of sp³-hybridized carbons (Fsp3) is 0.875. The Morgan fingerprint density at radius 2 is 2.45 bits per heavy atom. The molecule has 0 saturated carbocycles. The van der Waals surface area contributed by atoms with Crippen LogP contribution in [0.2, 0.25) is 0 Å². The normalized spacial score (nSPS) is 31.7. The lowest BCUT2D eigenvalue weighted by Gasteiger charge is -2.27. The van der Waals surface area contributed by atoms with Crippen molar-refractivity contribution in [3.63, 3.8) is 0 Å². The van der Waals surface area contributed by atoms with Crippen LogP contribution < -0.4 is 0 Å². The van der Waals surface area contributed by atoms with E-state index in [1.165, 1.54) is 0 Å². The molecule has 0 spiro atoms. The molecule has 1 aliphatic heterocycles. The van der Waals surface area contributed by atoms with Gasteiger partial charge in [0.1, 0.15) is 6.29 Å². The van der Waals surface area contributed by atoms with Crippen molar-refractivity contribution in [1.82, 2.24) is 0 Å². The Bertz CT molecular complexity index is 125. The van der Waals surface area contributed by atoms with Crippen molar-refractivity contribution in [1.29, 1.82) is 0 Å². The summed E-state index contributed by atoms with van der Waals surface area (Å²) in [6, 6.07) is 0. The molecule has 1 aliphatic rings. The fourth-order valence-electron chi connectivity index (χ4n) is 1.32. The van der Waals surface area contributed by atoms with Crippen LogP contribution in [0.15, 0.2) is 0 Å². The van der Waals surface area contributed by atoms with Gasteiger partial charge in [0.2, 0.25) is 0 Å². The smallest absolute Gasteiger partial charge is 0.157 e. The van der Waals surface area contributed by atoms with E-state index in [1.54, 1.807) is 7.11 Å². The number of carbonyl (C=O) groups is 1. The van der Waals surface area contributed by atoms with Crippen molar-refractivity contribution >= 4 is 6.29 Å². The van der Waals surface area contributed by atoms with Gasteiger partial charge in [0, 0.05) is 13.5 Å². The van der Waals surface area contributed by atoms with E-state index >= 15 is 0 Å². The number of hydrogen-bond donors (Lipinski definition) is 0. The first-order chi connectivity index (χ1) is 5.36. The van der Waals surface area contributed by atoms with E-state index in [9.17, 15) is 4.79 Å². The second-order valence-electron chi connectivity index (χ2n) is 2.76. The summed E-state index contributed by atoms with van der Waals surface area (Å²) in [5.74, 6) is 0. The summed E-state index contributed by atoms with van der Waals surface area (Å²) in [7, 11) is 1.63. The third-order valence-electron chi connectivity index (χ3n) is 1.93. The van der Waals surface area contributed by atoms with Crippen LogP contribution in [0.5, 0.6) is 0 Å². The topological polar surface area (TPSA) is 35.5 Å². The van der Waals surface area contributed by atoms with Gasteiger partial charge < -0.3 is 14.3 Å². The average Bonchev–Trinajstić information content (AvgIpc) is 2.06. The van der Waals surface area contributed by atoms with Crippen LogP contribution in [-0.2, 0) is 14.3 Å². The predicted octanol–water partition coefficient (Wildman–Crippen LogP) is 1.12. The molecule has 0 radical (unpaired) electrons. The highest BCUT2D eigenvalue weighted by Crippen LogP contribution is 2.20. The van der Waals surface area contributed by atoms with Gasteiger partial charge in [-0.05, 0) is 19.3 Å². The Kier molecular flexibility index (Phi) is 3.52. The van der Waals surface area contributed by atoms with E-state index in [2.05, 4.69) is 0 Å². The van der Waals surface area contributed by atoms with Gasteiger partial charge >= 0.3 is 0 Å². The number of carbonyl (C=O) groups excluding carboxylic acids is 1. The number of methoxy groups -OCH3 is 1. The van der Waals surface area contributed by atoms with Crippen LogP contribution in [0.3, 0.4) is 0 Å². The molecule has 0 amide bonds. The van der Waals surface area contributed by atoms with Gasteiger partial charge in [-0.3, -0.25) is 0 Å². The minimum atomic E-state index is -0.0892. The lowest BCUT2D eigenvalue weighted by molar-refractivity contribution is -0.180. The summed E-state index contributed by atoms with van der Waals surface area (Å²) in [6.07, 6.45) is 4.43. The Morgan fingerprint density at radius 3 is 3.09 bits per heavy atom. The summed E-state index contributed by atoms with van der Waals surface area (Å²) in [6.45, 7) is 0. The first-order valence-electron chi connectivity index (χ1n) is 3.98. The highest BCUT2D eigenvalue weighted by atomic mass is 16.7. The lowest BCUT2D eigenvalue weighted by Crippen LogP contribution is -2.28. The molecule has 1 heterocycles. The Balaban J connectivity index is 2.27. The molecule has 64 valence electrons. The van der Waals surface area contributed by atoms with Crippen molar-refractivity contribution < 1.29 is 14.3 Å². The summed E-state index contributed by atoms with van der Waals surface area (Å²) in [5.41, 5.74) is 0. The minimum absolute atomic E-state index is 0.0891. The summed E-state index contributed by atoms with van der Waals surface area (Å²) >= 11 is 0. The van der Waals surface area contributed by atoms with Crippen molar-refractivity contribution in [3.05, 3.63) is 0 Å². The standard InChI is InChI=1S/C8H14O3/c1-10-8-4-2-3-7(11-8)5-6-9/h6-8H,2-5H2,1H3/t7-,8-/m0/s1. The molecule has 0 aliphatic carbocycles.